The molecular weight excluding hydrogens is 434 g/mol. The fraction of sp³-hybridized carbons (Fsp3) is 0.533. The zero-order chi connectivity index (χ0) is 25.0. The van der Waals surface area contributed by atoms with E-state index >= 15 is 0 Å². The van der Waals surface area contributed by atoms with E-state index in [-0.39, 0.29) is 11.8 Å². The van der Waals surface area contributed by atoms with E-state index in [4.69, 9.17) is 9.72 Å². The molecule has 0 saturated carbocycles. The van der Waals surface area contributed by atoms with Gasteiger partial charge in [-0.2, -0.15) is 0 Å². The number of nitrogens with zero attached hydrogens (tertiary/aromatic N) is 2. The van der Waals surface area contributed by atoms with Crippen LogP contribution in [0.3, 0.4) is 0 Å². The lowest BCUT2D eigenvalue weighted by atomic mass is 10.0. The van der Waals surface area contributed by atoms with E-state index in [1.807, 2.05) is 6.07 Å². The van der Waals surface area contributed by atoms with Crippen molar-refractivity contribution in [3.8, 4) is 5.75 Å². The Kier molecular flexibility index (Phi) is 10.6. The molecule has 1 aromatic heterocycles. The quantitative estimate of drug-likeness (QED) is 0.242. The molecule has 0 fully saturated rings. The second-order valence-corrected chi connectivity index (χ2v) is 9.68. The van der Waals surface area contributed by atoms with Crippen molar-refractivity contribution in [1.82, 2.24) is 14.9 Å². The lowest BCUT2D eigenvalue weighted by molar-refractivity contribution is -0.125. The van der Waals surface area contributed by atoms with Crippen LogP contribution < -0.4 is 10.1 Å². The summed E-state index contributed by atoms with van der Waals surface area (Å²) in [5.74, 6) is 2.94. The van der Waals surface area contributed by atoms with Gasteiger partial charge in [0.2, 0.25) is 5.91 Å². The lowest BCUT2D eigenvalue weighted by Crippen LogP contribution is -2.30. The average Bonchev–Trinajstić information content (AvgIpc) is 3.22. The van der Waals surface area contributed by atoms with Gasteiger partial charge in [-0.1, -0.05) is 64.4 Å². The first-order valence-corrected chi connectivity index (χ1v) is 13.5. The molecule has 0 radical (unpaired) electrons. The van der Waals surface area contributed by atoms with Crippen LogP contribution >= 0.6 is 0 Å². The highest BCUT2D eigenvalue weighted by Crippen LogP contribution is 2.26. The van der Waals surface area contributed by atoms with E-state index < -0.39 is 0 Å². The van der Waals surface area contributed by atoms with E-state index in [1.54, 1.807) is 0 Å². The van der Waals surface area contributed by atoms with Gasteiger partial charge in [0.25, 0.3) is 0 Å². The van der Waals surface area contributed by atoms with Crippen LogP contribution in [0.1, 0.15) is 83.5 Å². The van der Waals surface area contributed by atoms with Crippen molar-refractivity contribution in [3.05, 3.63) is 59.9 Å². The summed E-state index contributed by atoms with van der Waals surface area (Å²) in [6, 6.07) is 16.7. The molecule has 0 aliphatic rings. The van der Waals surface area contributed by atoms with Crippen molar-refractivity contribution < 1.29 is 9.53 Å². The van der Waals surface area contributed by atoms with Crippen LogP contribution in [0.25, 0.3) is 11.0 Å². The highest BCUT2D eigenvalue weighted by atomic mass is 16.5. The van der Waals surface area contributed by atoms with Crippen molar-refractivity contribution in [2.45, 2.75) is 85.1 Å². The summed E-state index contributed by atoms with van der Waals surface area (Å²) in [5, 5.41) is 3.10. The molecule has 0 aliphatic carbocycles. The first-order valence-electron chi connectivity index (χ1n) is 13.5. The number of aromatic nitrogens is 2. The van der Waals surface area contributed by atoms with Crippen molar-refractivity contribution >= 4 is 16.9 Å². The molecule has 0 bridgehead atoms. The number of carbonyl (C=O) groups is 1. The molecule has 35 heavy (non-hydrogen) atoms. The Hall–Kier alpha value is -2.82. The number of hydrogen-bond acceptors (Lipinski definition) is 3. The molecule has 190 valence electrons. The second kappa shape index (κ2) is 13.9. The Morgan fingerprint density at radius 1 is 0.971 bits per heavy atom. The molecule has 0 unspecified atom stereocenters. The first-order chi connectivity index (χ1) is 17.0. The first kappa shape index (κ1) is 26.8. The molecule has 0 spiro atoms. The fourth-order valence-corrected chi connectivity index (χ4v) is 4.66. The number of carbonyl (C=O) groups excluding carboxylic acids is 1. The summed E-state index contributed by atoms with van der Waals surface area (Å²) in [6.07, 6.45) is 6.87. The molecule has 5 heteroatoms. The molecule has 5 nitrogen and oxygen atoms in total. The Labute approximate surface area is 211 Å². The van der Waals surface area contributed by atoms with Crippen LogP contribution in [-0.4, -0.2) is 28.6 Å². The minimum atomic E-state index is 0.151. The number of hydrogen-bond donors (Lipinski definition) is 1. The predicted octanol–water partition coefficient (Wildman–Crippen LogP) is 6.89. The molecule has 0 atom stereocenters. The van der Waals surface area contributed by atoms with Crippen molar-refractivity contribution in [2.75, 3.05) is 13.2 Å². The standard InChI is InChI=1S/C30H43N3O2/c1-5-24(6-2)30(34)31-20-13-7-8-19-29-32-26-16-10-11-17-27(26)33(29)21-14-22-35-28-18-12-9-15-25(28)23(3)4/h9-12,15-18,23-24H,5-8,13-14,19-22H2,1-4H3,(H,31,34). The number of ether oxygens (including phenoxy) is 1. The van der Waals surface area contributed by atoms with E-state index in [9.17, 15) is 4.79 Å². The van der Waals surface area contributed by atoms with Gasteiger partial charge in [0.15, 0.2) is 0 Å². The number of benzene rings is 2. The molecule has 1 heterocycles. The summed E-state index contributed by atoms with van der Waals surface area (Å²) in [4.78, 5) is 17.1. The van der Waals surface area contributed by atoms with Crippen molar-refractivity contribution in [2.24, 2.45) is 5.92 Å². The molecule has 3 aromatic rings. The number of para-hydroxylation sites is 3. The topological polar surface area (TPSA) is 56.2 Å². The number of nitrogens with one attached hydrogen (secondary N) is 1. The summed E-state index contributed by atoms with van der Waals surface area (Å²) < 4.78 is 8.52. The van der Waals surface area contributed by atoms with Gasteiger partial charge in [0.1, 0.15) is 11.6 Å². The molecule has 1 N–H and O–H groups in total. The van der Waals surface area contributed by atoms with Gasteiger partial charge in [0.05, 0.1) is 17.6 Å². The summed E-state index contributed by atoms with van der Waals surface area (Å²) >= 11 is 0. The number of rotatable bonds is 15. The van der Waals surface area contributed by atoms with Crippen LogP contribution in [0.2, 0.25) is 0 Å². The maximum absolute atomic E-state index is 12.1. The van der Waals surface area contributed by atoms with Gasteiger partial charge in [-0.05, 0) is 61.8 Å². The van der Waals surface area contributed by atoms with Gasteiger partial charge >= 0.3 is 0 Å². The monoisotopic (exact) mass is 477 g/mol. The van der Waals surface area contributed by atoms with Gasteiger partial charge in [-0.15, -0.1) is 0 Å². The zero-order valence-electron chi connectivity index (χ0n) is 22.1. The minimum Gasteiger partial charge on any atom is -0.493 e. The van der Waals surface area contributed by atoms with Crippen molar-refractivity contribution in [3.63, 3.8) is 0 Å². The smallest absolute Gasteiger partial charge is 0.223 e. The molecule has 1 amide bonds. The van der Waals surface area contributed by atoms with Gasteiger partial charge in [-0.25, -0.2) is 4.98 Å². The van der Waals surface area contributed by atoms with E-state index in [0.29, 0.717) is 12.5 Å². The number of imidazole rings is 1. The number of aryl methyl sites for hydroxylation is 2. The molecule has 2 aromatic carbocycles. The zero-order valence-corrected chi connectivity index (χ0v) is 22.1. The summed E-state index contributed by atoms with van der Waals surface area (Å²) in [7, 11) is 0. The molecule has 3 rings (SSSR count). The lowest BCUT2D eigenvalue weighted by Gasteiger charge is -2.15. The Morgan fingerprint density at radius 2 is 1.71 bits per heavy atom. The average molecular weight is 478 g/mol. The Morgan fingerprint density at radius 3 is 2.49 bits per heavy atom. The van der Waals surface area contributed by atoms with Crippen molar-refractivity contribution in [1.29, 1.82) is 0 Å². The highest BCUT2D eigenvalue weighted by Gasteiger charge is 2.13. The summed E-state index contributed by atoms with van der Waals surface area (Å²) in [5.41, 5.74) is 3.52. The Bertz CT molecular complexity index is 1050. The highest BCUT2D eigenvalue weighted by molar-refractivity contribution is 5.78. The third-order valence-corrected chi connectivity index (χ3v) is 6.79. The number of unbranched alkanes of at least 4 members (excludes halogenated alkanes) is 2. The SMILES string of the molecule is CCC(CC)C(=O)NCCCCCc1nc2ccccc2n1CCCOc1ccccc1C(C)C. The minimum absolute atomic E-state index is 0.151. The third kappa shape index (κ3) is 7.58. The van der Waals surface area contributed by atoms with Crippen LogP contribution in [0.5, 0.6) is 5.75 Å². The summed E-state index contributed by atoms with van der Waals surface area (Å²) in [6.45, 7) is 10.9. The van der Waals surface area contributed by atoms with Crippen LogP contribution in [0.4, 0.5) is 0 Å². The Balaban J connectivity index is 1.50. The van der Waals surface area contributed by atoms with Crippen LogP contribution in [0.15, 0.2) is 48.5 Å². The fourth-order valence-electron chi connectivity index (χ4n) is 4.66. The van der Waals surface area contributed by atoms with Gasteiger partial charge in [0, 0.05) is 25.4 Å². The predicted molar refractivity (Wildman–Crippen MR) is 145 cm³/mol. The van der Waals surface area contributed by atoms with E-state index in [2.05, 4.69) is 80.0 Å². The number of amides is 1. The maximum Gasteiger partial charge on any atom is 0.223 e. The van der Waals surface area contributed by atoms with E-state index in [0.717, 1.165) is 75.1 Å². The maximum atomic E-state index is 12.1. The van der Waals surface area contributed by atoms with Gasteiger partial charge < -0.3 is 14.6 Å². The van der Waals surface area contributed by atoms with Gasteiger partial charge in [-0.3, -0.25) is 4.79 Å². The molecule has 0 saturated heterocycles. The normalized spacial score (nSPS) is 11.5. The van der Waals surface area contributed by atoms with E-state index in [1.165, 1.54) is 11.1 Å². The second-order valence-electron chi connectivity index (χ2n) is 9.68. The third-order valence-electron chi connectivity index (χ3n) is 6.79. The van der Waals surface area contributed by atoms with Crippen LogP contribution in [-0.2, 0) is 17.8 Å². The molecule has 0 aliphatic heterocycles. The molecular formula is C30H43N3O2. The van der Waals surface area contributed by atoms with Crippen LogP contribution in [0, 0.1) is 5.92 Å². The largest absolute Gasteiger partial charge is 0.493 e. The number of fused-ring (bicyclic) bond motifs is 1.